The third-order valence-corrected chi connectivity index (χ3v) is 4.13. The van der Waals surface area contributed by atoms with E-state index in [4.69, 9.17) is 0 Å². The zero-order chi connectivity index (χ0) is 13.2. The fraction of sp³-hybridized carbons (Fsp3) is 0.438. The van der Waals surface area contributed by atoms with Crippen LogP contribution in [0.15, 0.2) is 36.2 Å². The van der Waals surface area contributed by atoms with Crippen molar-refractivity contribution in [2.24, 2.45) is 0 Å². The number of hydrogen-bond acceptors (Lipinski definition) is 3. The molecule has 1 aromatic carbocycles. The highest BCUT2D eigenvalue weighted by molar-refractivity contribution is 6.05. The molecule has 0 bridgehead atoms. The van der Waals surface area contributed by atoms with Gasteiger partial charge >= 0.3 is 0 Å². The number of rotatable bonds is 2. The summed E-state index contributed by atoms with van der Waals surface area (Å²) in [7, 11) is 0. The Kier molecular flexibility index (Phi) is 3.28. The van der Waals surface area contributed by atoms with E-state index in [1.54, 1.807) is 6.08 Å². The summed E-state index contributed by atoms with van der Waals surface area (Å²) in [6.45, 7) is 1.97. The summed E-state index contributed by atoms with van der Waals surface area (Å²) < 4.78 is 0. The van der Waals surface area contributed by atoms with Gasteiger partial charge in [-0.1, -0.05) is 37.1 Å². The quantitative estimate of drug-likeness (QED) is 0.631. The molecule has 1 heterocycles. The summed E-state index contributed by atoms with van der Waals surface area (Å²) in [5.74, 6) is 0.969. The molecule has 0 spiro atoms. The molecule has 1 saturated carbocycles. The van der Waals surface area contributed by atoms with Crippen LogP contribution in [0.1, 0.15) is 41.6 Å². The molecule has 3 rings (SSSR count). The molecule has 2 aliphatic rings. The molecule has 0 aromatic heterocycles. The molecule has 2 N–H and O–H groups in total. The summed E-state index contributed by atoms with van der Waals surface area (Å²) in [5.41, 5.74) is 1.81. The van der Waals surface area contributed by atoms with Gasteiger partial charge in [0.15, 0.2) is 5.78 Å². The van der Waals surface area contributed by atoms with Gasteiger partial charge in [0, 0.05) is 23.7 Å². The number of fused-ring (bicyclic) bond motifs is 1. The van der Waals surface area contributed by atoms with Gasteiger partial charge in [0.05, 0.1) is 0 Å². The van der Waals surface area contributed by atoms with E-state index in [2.05, 4.69) is 10.6 Å². The lowest BCUT2D eigenvalue weighted by molar-refractivity contribution is 0.104. The van der Waals surface area contributed by atoms with Crippen LogP contribution < -0.4 is 10.6 Å². The van der Waals surface area contributed by atoms with Crippen molar-refractivity contribution in [2.45, 2.75) is 44.7 Å². The van der Waals surface area contributed by atoms with Gasteiger partial charge in [-0.2, -0.15) is 0 Å². The largest absolute Gasteiger partial charge is 0.367 e. The van der Waals surface area contributed by atoms with Gasteiger partial charge in [0.2, 0.25) is 0 Å². The van der Waals surface area contributed by atoms with E-state index < -0.39 is 0 Å². The van der Waals surface area contributed by atoms with Gasteiger partial charge in [-0.15, -0.1) is 0 Å². The molecule has 1 aliphatic carbocycles. The number of carbonyl (C=O) groups is 1. The van der Waals surface area contributed by atoms with E-state index in [-0.39, 0.29) is 5.78 Å². The molecule has 3 heteroatoms. The maximum atomic E-state index is 12.3. The monoisotopic (exact) mass is 256 g/mol. The molecule has 2 fully saturated rings. The summed E-state index contributed by atoms with van der Waals surface area (Å²) in [6, 6.07) is 8.74. The summed E-state index contributed by atoms with van der Waals surface area (Å²) in [6.07, 6.45) is 6.69. The molecular formula is C16H20N2O. The van der Waals surface area contributed by atoms with Gasteiger partial charge in [-0.3, -0.25) is 4.79 Å². The van der Waals surface area contributed by atoms with E-state index in [0.717, 1.165) is 16.9 Å². The topological polar surface area (TPSA) is 41.1 Å². The standard InChI is InChI=1S/C16H20N2O/c1-11-6-2-3-7-12(11)15(19)10-16-17-13-8-4-5-9-14(13)18-16/h2-3,6-7,10,13-14,17-18H,4-5,8-9H2,1H3/t13-,14-/m0/s1. The van der Waals surface area contributed by atoms with E-state index in [1.165, 1.54) is 25.7 Å². The molecular weight excluding hydrogens is 236 g/mol. The molecule has 0 radical (unpaired) electrons. The van der Waals surface area contributed by atoms with Crippen molar-refractivity contribution in [3.63, 3.8) is 0 Å². The second-order valence-electron chi connectivity index (χ2n) is 5.52. The van der Waals surface area contributed by atoms with Gasteiger partial charge < -0.3 is 10.6 Å². The first-order valence-electron chi connectivity index (χ1n) is 7.09. The van der Waals surface area contributed by atoms with Crippen molar-refractivity contribution in [2.75, 3.05) is 0 Å². The first-order valence-corrected chi connectivity index (χ1v) is 7.09. The maximum absolute atomic E-state index is 12.3. The van der Waals surface area contributed by atoms with E-state index in [9.17, 15) is 4.79 Å². The molecule has 0 unspecified atom stereocenters. The predicted octanol–water partition coefficient (Wildman–Crippen LogP) is 2.52. The van der Waals surface area contributed by atoms with Gasteiger partial charge in [0.1, 0.15) is 5.82 Å². The average molecular weight is 256 g/mol. The molecule has 2 atom stereocenters. The number of aryl methyl sites for hydroxylation is 1. The zero-order valence-corrected chi connectivity index (χ0v) is 11.3. The van der Waals surface area contributed by atoms with Crippen LogP contribution in [-0.2, 0) is 0 Å². The maximum Gasteiger partial charge on any atom is 0.189 e. The van der Waals surface area contributed by atoms with Crippen LogP contribution in [-0.4, -0.2) is 17.9 Å². The summed E-state index contributed by atoms with van der Waals surface area (Å²) in [5, 5.41) is 6.88. The Balaban J connectivity index is 1.76. The van der Waals surface area contributed by atoms with E-state index in [1.807, 2.05) is 31.2 Å². The van der Waals surface area contributed by atoms with Crippen molar-refractivity contribution in [1.82, 2.24) is 10.6 Å². The smallest absolute Gasteiger partial charge is 0.189 e. The lowest BCUT2D eigenvalue weighted by Crippen LogP contribution is -2.36. The van der Waals surface area contributed by atoms with Crippen molar-refractivity contribution < 1.29 is 4.79 Å². The van der Waals surface area contributed by atoms with Crippen LogP contribution >= 0.6 is 0 Å². The van der Waals surface area contributed by atoms with Gasteiger partial charge in [0.25, 0.3) is 0 Å². The third-order valence-electron chi connectivity index (χ3n) is 4.13. The highest BCUT2D eigenvalue weighted by Crippen LogP contribution is 2.24. The van der Waals surface area contributed by atoms with Crippen LogP contribution in [0, 0.1) is 6.92 Å². The Bertz CT molecular complexity index is 505. The minimum Gasteiger partial charge on any atom is -0.367 e. The van der Waals surface area contributed by atoms with Crippen molar-refractivity contribution in [3.8, 4) is 0 Å². The Morgan fingerprint density at radius 2 is 1.79 bits per heavy atom. The fourth-order valence-corrected chi connectivity index (χ4v) is 3.06. The highest BCUT2D eigenvalue weighted by atomic mass is 16.1. The summed E-state index contributed by atoms with van der Waals surface area (Å²) >= 11 is 0. The van der Waals surface area contributed by atoms with Crippen molar-refractivity contribution >= 4 is 5.78 Å². The van der Waals surface area contributed by atoms with Crippen LogP contribution in [0.3, 0.4) is 0 Å². The Labute approximate surface area is 114 Å². The normalized spacial score (nSPS) is 25.2. The predicted molar refractivity (Wildman–Crippen MR) is 75.9 cm³/mol. The lowest BCUT2D eigenvalue weighted by atomic mass is 9.92. The van der Waals surface area contributed by atoms with E-state index in [0.29, 0.717) is 12.1 Å². The number of ketones is 1. The van der Waals surface area contributed by atoms with Crippen LogP contribution in [0.4, 0.5) is 0 Å². The molecule has 1 aliphatic heterocycles. The number of nitrogens with one attached hydrogen (secondary N) is 2. The SMILES string of the molecule is Cc1ccccc1C(=O)C=C1N[C@H]2CCCC[C@@H]2N1. The molecule has 3 nitrogen and oxygen atoms in total. The zero-order valence-electron chi connectivity index (χ0n) is 11.3. The number of hydrogen-bond donors (Lipinski definition) is 2. The van der Waals surface area contributed by atoms with Gasteiger partial charge in [-0.05, 0) is 25.3 Å². The minimum atomic E-state index is 0.0757. The molecule has 19 heavy (non-hydrogen) atoms. The molecule has 1 saturated heterocycles. The third kappa shape index (κ3) is 2.50. The van der Waals surface area contributed by atoms with Crippen molar-refractivity contribution in [1.29, 1.82) is 0 Å². The van der Waals surface area contributed by atoms with Crippen LogP contribution in [0.25, 0.3) is 0 Å². The number of benzene rings is 1. The van der Waals surface area contributed by atoms with Gasteiger partial charge in [-0.25, -0.2) is 0 Å². The Morgan fingerprint density at radius 1 is 1.16 bits per heavy atom. The number of allylic oxidation sites excluding steroid dienone is 1. The summed E-state index contributed by atoms with van der Waals surface area (Å²) in [4.78, 5) is 12.3. The average Bonchev–Trinajstić information content (AvgIpc) is 2.81. The molecule has 0 amide bonds. The molecule has 100 valence electrons. The lowest BCUT2D eigenvalue weighted by Gasteiger charge is -2.23. The second-order valence-corrected chi connectivity index (χ2v) is 5.52. The first-order chi connectivity index (χ1) is 9.24. The van der Waals surface area contributed by atoms with E-state index >= 15 is 0 Å². The van der Waals surface area contributed by atoms with Crippen LogP contribution in [0.2, 0.25) is 0 Å². The van der Waals surface area contributed by atoms with Crippen LogP contribution in [0.5, 0.6) is 0 Å². The highest BCUT2D eigenvalue weighted by Gasteiger charge is 2.31. The fourth-order valence-electron chi connectivity index (χ4n) is 3.06. The number of carbonyl (C=O) groups excluding carboxylic acids is 1. The first kappa shape index (κ1) is 12.3. The molecule has 1 aromatic rings. The second kappa shape index (κ2) is 5.08. The van der Waals surface area contributed by atoms with Crippen molar-refractivity contribution in [3.05, 3.63) is 47.3 Å². The Morgan fingerprint density at radius 3 is 2.42 bits per heavy atom. The minimum absolute atomic E-state index is 0.0757. The Hall–Kier alpha value is -1.77.